The van der Waals surface area contributed by atoms with Crippen molar-refractivity contribution in [1.82, 2.24) is 14.0 Å². The van der Waals surface area contributed by atoms with E-state index < -0.39 is 5.56 Å². The molecule has 1 aromatic heterocycles. The molecular formula is C22H24N4O3S. The van der Waals surface area contributed by atoms with Crippen LogP contribution in [0.3, 0.4) is 0 Å². The van der Waals surface area contributed by atoms with E-state index in [1.165, 1.54) is 22.5 Å². The van der Waals surface area contributed by atoms with Crippen LogP contribution in [0.1, 0.15) is 5.56 Å². The Bertz CT molecular complexity index is 1170. The number of hydrogen-bond donors (Lipinski definition) is 1. The molecule has 0 aliphatic heterocycles. The molecular weight excluding hydrogens is 400 g/mol. The molecule has 0 radical (unpaired) electrons. The molecule has 7 nitrogen and oxygen atoms in total. The predicted molar refractivity (Wildman–Crippen MR) is 121 cm³/mol. The lowest BCUT2D eigenvalue weighted by atomic mass is 10.2. The molecule has 3 aromatic rings. The van der Waals surface area contributed by atoms with Crippen LogP contribution in [0.15, 0.2) is 64.4 Å². The Morgan fingerprint density at radius 1 is 1.10 bits per heavy atom. The molecule has 1 heterocycles. The summed E-state index contributed by atoms with van der Waals surface area (Å²) >= 11 is 5.63. The van der Waals surface area contributed by atoms with Gasteiger partial charge >= 0.3 is 0 Å². The molecule has 30 heavy (non-hydrogen) atoms. The zero-order chi connectivity index (χ0) is 21.7. The summed E-state index contributed by atoms with van der Waals surface area (Å²) in [7, 11) is 5.42. The topological polar surface area (TPSA) is 72.0 Å². The Morgan fingerprint density at radius 3 is 2.43 bits per heavy atom. The molecule has 0 atom stereocenters. The fraction of sp³-hybridized carbons (Fsp3) is 0.227. The van der Waals surface area contributed by atoms with E-state index in [9.17, 15) is 9.90 Å². The summed E-state index contributed by atoms with van der Waals surface area (Å²) in [5.41, 5.74) is 0.731. The molecule has 0 bridgehead atoms. The van der Waals surface area contributed by atoms with Crippen LogP contribution in [-0.2, 0) is 0 Å². The van der Waals surface area contributed by atoms with Crippen LogP contribution in [0.5, 0.6) is 11.6 Å². The van der Waals surface area contributed by atoms with E-state index in [2.05, 4.69) is 4.99 Å². The minimum absolute atomic E-state index is 0.0529. The van der Waals surface area contributed by atoms with Crippen LogP contribution in [0.4, 0.5) is 0 Å². The minimum Gasteiger partial charge on any atom is -0.495 e. The molecule has 2 aromatic carbocycles. The number of ether oxygens (including phenoxy) is 1. The third-order valence-corrected chi connectivity index (χ3v) is 4.87. The zero-order valence-corrected chi connectivity index (χ0v) is 18.0. The van der Waals surface area contributed by atoms with E-state index in [1.807, 2.05) is 49.3 Å². The Labute approximate surface area is 180 Å². The fourth-order valence-electron chi connectivity index (χ4n) is 2.98. The number of benzene rings is 2. The lowest BCUT2D eigenvalue weighted by Crippen LogP contribution is -2.27. The number of aliphatic imine (C=N–C) groups is 1. The highest BCUT2D eigenvalue weighted by atomic mass is 32.1. The van der Waals surface area contributed by atoms with Crippen LogP contribution in [-0.4, -0.2) is 59.6 Å². The van der Waals surface area contributed by atoms with E-state index in [0.29, 0.717) is 23.7 Å². The van der Waals surface area contributed by atoms with Crippen molar-refractivity contribution in [3.05, 3.63) is 75.3 Å². The maximum absolute atomic E-state index is 13.3. The third-order valence-electron chi connectivity index (χ3n) is 4.51. The summed E-state index contributed by atoms with van der Waals surface area (Å²) in [5.74, 6) is 0.230. The van der Waals surface area contributed by atoms with Crippen LogP contribution in [0, 0.1) is 4.77 Å². The summed E-state index contributed by atoms with van der Waals surface area (Å²) in [6.45, 7) is 1.21. The molecule has 3 rings (SSSR count). The first-order chi connectivity index (χ1) is 14.5. The molecule has 0 aliphatic carbocycles. The number of aromatic nitrogens is 2. The van der Waals surface area contributed by atoms with Crippen molar-refractivity contribution < 1.29 is 9.84 Å². The predicted octanol–water partition coefficient (Wildman–Crippen LogP) is 3.05. The first-order valence-corrected chi connectivity index (χ1v) is 9.81. The summed E-state index contributed by atoms with van der Waals surface area (Å²) in [5, 5.41) is 11.0. The highest BCUT2D eigenvalue weighted by molar-refractivity contribution is 7.71. The van der Waals surface area contributed by atoms with Crippen molar-refractivity contribution in [3.8, 4) is 23.0 Å². The van der Waals surface area contributed by atoms with E-state index in [4.69, 9.17) is 17.0 Å². The lowest BCUT2D eigenvalue weighted by molar-refractivity contribution is 0.401. The first kappa shape index (κ1) is 21.5. The SMILES string of the molecule is COc1ccccc1-n1c(O)c(C=NCCN(C)C)c(=O)n(-c2ccccc2)c1=S. The summed E-state index contributed by atoms with van der Waals surface area (Å²) < 4.78 is 8.38. The summed E-state index contributed by atoms with van der Waals surface area (Å²) in [4.78, 5) is 19.6. The molecule has 0 saturated heterocycles. The number of rotatable bonds is 7. The second-order valence-corrected chi connectivity index (χ2v) is 7.21. The number of nitrogens with zero attached hydrogens (tertiary/aromatic N) is 4. The van der Waals surface area contributed by atoms with Gasteiger partial charge in [0.2, 0.25) is 5.88 Å². The van der Waals surface area contributed by atoms with Crippen LogP contribution in [0.2, 0.25) is 0 Å². The number of aromatic hydroxyl groups is 1. The van der Waals surface area contributed by atoms with E-state index in [-0.39, 0.29) is 16.2 Å². The van der Waals surface area contributed by atoms with Gasteiger partial charge in [0.1, 0.15) is 11.3 Å². The Balaban J connectivity index is 2.30. The number of methoxy groups -OCH3 is 1. The average molecular weight is 425 g/mol. The second kappa shape index (κ2) is 9.51. The molecule has 156 valence electrons. The van der Waals surface area contributed by atoms with Gasteiger partial charge < -0.3 is 14.7 Å². The second-order valence-electron chi connectivity index (χ2n) is 6.84. The largest absolute Gasteiger partial charge is 0.495 e. The average Bonchev–Trinajstić information content (AvgIpc) is 2.74. The van der Waals surface area contributed by atoms with Crippen molar-refractivity contribution in [2.45, 2.75) is 0 Å². The maximum Gasteiger partial charge on any atom is 0.271 e. The van der Waals surface area contributed by atoms with Gasteiger partial charge in [0.25, 0.3) is 5.56 Å². The Kier molecular flexibility index (Phi) is 6.81. The molecule has 8 heteroatoms. The van der Waals surface area contributed by atoms with Crippen LogP contribution >= 0.6 is 12.2 Å². The molecule has 0 amide bonds. The Hall–Kier alpha value is -3.23. The smallest absolute Gasteiger partial charge is 0.271 e. The summed E-state index contributed by atoms with van der Waals surface area (Å²) in [6.07, 6.45) is 1.40. The van der Waals surface area contributed by atoms with Gasteiger partial charge in [-0.2, -0.15) is 0 Å². The third kappa shape index (κ3) is 4.34. The van der Waals surface area contributed by atoms with Crippen molar-refractivity contribution >= 4 is 18.4 Å². The van der Waals surface area contributed by atoms with E-state index in [0.717, 1.165) is 6.54 Å². The maximum atomic E-state index is 13.3. The normalized spacial score (nSPS) is 11.3. The monoisotopic (exact) mass is 424 g/mol. The van der Waals surface area contributed by atoms with Gasteiger partial charge in [-0.25, -0.2) is 0 Å². The molecule has 1 N–H and O–H groups in total. The number of likely N-dealkylation sites (N-methyl/N-ethyl adjacent to an activating group) is 1. The van der Waals surface area contributed by atoms with Gasteiger partial charge in [-0.05, 0) is 50.6 Å². The van der Waals surface area contributed by atoms with Crippen molar-refractivity contribution in [3.63, 3.8) is 0 Å². The van der Waals surface area contributed by atoms with Gasteiger partial charge in [-0.3, -0.25) is 18.9 Å². The zero-order valence-electron chi connectivity index (χ0n) is 17.1. The van der Waals surface area contributed by atoms with Gasteiger partial charge in [0.05, 0.1) is 25.0 Å². The van der Waals surface area contributed by atoms with Gasteiger partial charge in [-0.15, -0.1) is 0 Å². The number of para-hydroxylation sites is 3. The van der Waals surface area contributed by atoms with E-state index in [1.54, 1.807) is 24.3 Å². The number of hydrogen-bond acceptors (Lipinski definition) is 6. The standard InChI is InChI=1S/C22H24N4O3S/c1-24(2)14-13-23-15-17-20(27)25(16-9-5-4-6-10-16)22(30)26(21(17)28)18-11-7-8-12-19(18)29-3/h4-12,15,28H,13-14H2,1-3H3. The fourth-order valence-corrected chi connectivity index (χ4v) is 3.35. The molecule has 0 spiro atoms. The minimum atomic E-state index is -0.441. The molecule has 0 aliphatic rings. The van der Waals surface area contributed by atoms with Crippen LogP contribution < -0.4 is 10.3 Å². The summed E-state index contributed by atoms with van der Waals surface area (Å²) in [6, 6.07) is 16.2. The van der Waals surface area contributed by atoms with Gasteiger partial charge in [0.15, 0.2) is 4.77 Å². The van der Waals surface area contributed by atoms with Crippen LogP contribution in [0.25, 0.3) is 11.4 Å². The Morgan fingerprint density at radius 2 is 1.77 bits per heavy atom. The van der Waals surface area contributed by atoms with Gasteiger partial charge in [-0.1, -0.05) is 30.3 Å². The molecule has 0 saturated carbocycles. The lowest BCUT2D eigenvalue weighted by Gasteiger charge is -2.18. The van der Waals surface area contributed by atoms with Crippen molar-refractivity contribution in [1.29, 1.82) is 0 Å². The highest BCUT2D eigenvalue weighted by Gasteiger charge is 2.19. The first-order valence-electron chi connectivity index (χ1n) is 9.40. The van der Waals surface area contributed by atoms with Gasteiger partial charge in [0, 0.05) is 12.8 Å². The highest BCUT2D eigenvalue weighted by Crippen LogP contribution is 2.28. The van der Waals surface area contributed by atoms with Crippen molar-refractivity contribution in [2.75, 3.05) is 34.3 Å². The van der Waals surface area contributed by atoms with E-state index >= 15 is 0 Å². The molecule has 0 fully saturated rings. The molecule has 0 unspecified atom stereocenters. The van der Waals surface area contributed by atoms with Crippen molar-refractivity contribution in [2.24, 2.45) is 4.99 Å². The quantitative estimate of drug-likeness (QED) is 0.466.